The van der Waals surface area contributed by atoms with Crippen molar-refractivity contribution in [2.45, 2.75) is 46.0 Å². The fourth-order valence-corrected chi connectivity index (χ4v) is 2.49. The lowest BCUT2D eigenvalue weighted by Gasteiger charge is -2.30. The molecule has 0 aromatic carbocycles. The van der Waals surface area contributed by atoms with Gasteiger partial charge < -0.3 is 15.8 Å². The molecule has 1 aliphatic carbocycles. The molecule has 0 saturated heterocycles. The molecule has 104 valence electrons. The number of nitrogens with zero attached hydrogens (tertiary/aromatic N) is 2. The lowest BCUT2D eigenvalue weighted by atomic mass is 9.82. The molecule has 0 atom stereocenters. The molecule has 18 heavy (non-hydrogen) atoms. The molecule has 1 rings (SSSR count). The van der Waals surface area contributed by atoms with Crippen LogP contribution in [0.4, 0.5) is 0 Å². The Morgan fingerprint density at radius 2 is 2.00 bits per heavy atom. The number of carbonyl (C=O) groups is 1. The number of carbonyl (C=O) groups excluding carboxylic acids is 1. The van der Waals surface area contributed by atoms with Crippen LogP contribution in [0, 0.1) is 11.8 Å². The summed E-state index contributed by atoms with van der Waals surface area (Å²) in [6.07, 6.45) is 4.72. The van der Waals surface area contributed by atoms with Crippen LogP contribution in [0.1, 0.15) is 46.0 Å². The van der Waals surface area contributed by atoms with Gasteiger partial charge in [0.05, 0.1) is 0 Å². The van der Waals surface area contributed by atoms with E-state index < -0.39 is 0 Å². The van der Waals surface area contributed by atoms with Gasteiger partial charge >= 0.3 is 0 Å². The highest BCUT2D eigenvalue weighted by Gasteiger charge is 2.27. The zero-order valence-electron chi connectivity index (χ0n) is 11.4. The normalized spacial score (nSPS) is 24.9. The van der Waals surface area contributed by atoms with Crippen molar-refractivity contribution in [2.24, 2.45) is 22.7 Å². The van der Waals surface area contributed by atoms with Gasteiger partial charge in [-0.05, 0) is 38.5 Å². The van der Waals surface area contributed by atoms with Crippen LogP contribution >= 0.6 is 0 Å². The van der Waals surface area contributed by atoms with Gasteiger partial charge in [-0.3, -0.25) is 4.79 Å². The first-order chi connectivity index (χ1) is 8.58. The van der Waals surface area contributed by atoms with Crippen molar-refractivity contribution in [3.63, 3.8) is 0 Å². The van der Waals surface area contributed by atoms with Crippen molar-refractivity contribution >= 4 is 11.7 Å². The van der Waals surface area contributed by atoms with E-state index in [0.717, 1.165) is 31.6 Å². The predicted octanol–water partition coefficient (Wildman–Crippen LogP) is 1.80. The standard InChI is InChI=1S/C13H25N3O2/c1-3-16(9-8-12(14)15-18)13(17)11-6-4-10(2)5-7-11/h10-11,18H,3-9H2,1-2H3,(H2,14,15). The van der Waals surface area contributed by atoms with E-state index in [0.29, 0.717) is 19.5 Å². The molecule has 5 heteroatoms. The molecule has 0 aromatic heterocycles. The maximum absolute atomic E-state index is 12.3. The quantitative estimate of drug-likeness (QED) is 0.340. The average Bonchev–Trinajstić information content (AvgIpc) is 2.39. The third-order valence-electron chi connectivity index (χ3n) is 3.82. The van der Waals surface area contributed by atoms with Gasteiger partial charge in [-0.25, -0.2) is 0 Å². The van der Waals surface area contributed by atoms with Crippen molar-refractivity contribution in [1.82, 2.24) is 4.90 Å². The highest BCUT2D eigenvalue weighted by Crippen LogP contribution is 2.29. The minimum Gasteiger partial charge on any atom is -0.409 e. The Bertz CT molecular complexity index is 297. The smallest absolute Gasteiger partial charge is 0.225 e. The molecule has 1 aliphatic rings. The van der Waals surface area contributed by atoms with Gasteiger partial charge in [0, 0.05) is 25.4 Å². The summed E-state index contributed by atoms with van der Waals surface area (Å²) in [5.74, 6) is 1.34. The summed E-state index contributed by atoms with van der Waals surface area (Å²) >= 11 is 0. The van der Waals surface area contributed by atoms with E-state index in [1.165, 1.54) is 0 Å². The van der Waals surface area contributed by atoms with E-state index in [9.17, 15) is 4.79 Å². The SMILES string of the molecule is CCN(CCC(N)=NO)C(=O)C1CCC(C)CC1. The number of hydrogen-bond acceptors (Lipinski definition) is 3. The monoisotopic (exact) mass is 255 g/mol. The van der Waals surface area contributed by atoms with Crippen molar-refractivity contribution in [1.29, 1.82) is 0 Å². The van der Waals surface area contributed by atoms with Crippen LogP contribution in [0.3, 0.4) is 0 Å². The van der Waals surface area contributed by atoms with Crippen LogP contribution < -0.4 is 5.73 Å². The summed E-state index contributed by atoms with van der Waals surface area (Å²) in [5, 5.41) is 11.4. The molecule has 1 fully saturated rings. The van der Waals surface area contributed by atoms with E-state index in [1.807, 2.05) is 11.8 Å². The second-order valence-electron chi connectivity index (χ2n) is 5.22. The average molecular weight is 255 g/mol. The molecule has 0 aliphatic heterocycles. The second-order valence-corrected chi connectivity index (χ2v) is 5.22. The van der Waals surface area contributed by atoms with E-state index in [-0.39, 0.29) is 17.7 Å². The first-order valence-electron chi connectivity index (χ1n) is 6.83. The fourth-order valence-electron chi connectivity index (χ4n) is 2.49. The zero-order chi connectivity index (χ0) is 13.5. The zero-order valence-corrected chi connectivity index (χ0v) is 11.4. The molecule has 0 bridgehead atoms. The Labute approximate surface area is 109 Å². The topological polar surface area (TPSA) is 78.9 Å². The largest absolute Gasteiger partial charge is 0.409 e. The lowest BCUT2D eigenvalue weighted by Crippen LogP contribution is -2.39. The van der Waals surface area contributed by atoms with Crippen LogP contribution in [-0.4, -0.2) is 34.9 Å². The number of nitrogens with two attached hydrogens (primary N) is 1. The Kier molecular flexibility index (Phi) is 5.95. The molecule has 0 aromatic rings. The Morgan fingerprint density at radius 3 is 2.50 bits per heavy atom. The third kappa shape index (κ3) is 4.20. The van der Waals surface area contributed by atoms with E-state index >= 15 is 0 Å². The van der Waals surface area contributed by atoms with Gasteiger partial charge in [0.1, 0.15) is 5.84 Å². The van der Waals surface area contributed by atoms with Crippen molar-refractivity contribution in [3.8, 4) is 0 Å². The highest BCUT2D eigenvalue weighted by atomic mass is 16.4. The summed E-state index contributed by atoms with van der Waals surface area (Å²) in [7, 11) is 0. The molecule has 0 spiro atoms. The van der Waals surface area contributed by atoms with Crippen molar-refractivity contribution in [3.05, 3.63) is 0 Å². The molecule has 1 amide bonds. The summed E-state index contributed by atoms with van der Waals surface area (Å²) in [6, 6.07) is 0. The molecule has 0 heterocycles. The third-order valence-corrected chi connectivity index (χ3v) is 3.82. The molecule has 5 nitrogen and oxygen atoms in total. The first-order valence-corrected chi connectivity index (χ1v) is 6.83. The summed E-state index contributed by atoms with van der Waals surface area (Å²) in [6.45, 7) is 5.44. The van der Waals surface area contributed by atoms with E-state index in [1.54, 1.807) is 0 Å². The summed E-state index contributed by atoms with van der Waals surface area (Å²) in [4.78, 5) is 14.1. The van der Waals surface area contributed by atoms with Crippen LogP contribution in [-0.2, 0) is 4.79 Å². The minimum absolute atomic E-state index is 0.174. The van der Waals surface area contributed by atoms with Gasteiger partial charge in [-0.1, -0.05) is 12.1 Å². The van der Waals surface area contributed by atoms with Gasteiger partial charge in [0.15, 0.2) is 0 Å². The second kappa shape index (κ2) is 7.24. The van der Waals surface area contributed by atoms with E-state index in [2.05, 4.69) is 12.1 Å². The Balaban J connectivity index is 2.46. The molecule has 0 unspecified atom stereocenters. The maximum atomic E-state index is 12.3. The molecule has 1 saturated carbocycles. The lowest BCUT2D eigenvalue weighted by molar-refractivity contribution is -0.136. The van der Waals surface area contributed by atoms with Gasteiger partial charge in [-0.2, -0.15) is 0 Å². The van der Waals surface area contributed by atoms with Gasteiger partial charge in [-0.15, -0.1) is 0 Å². The maximum Gasteiger partial charge on any atom is 0.225 e. The molecular formula is C13H25N3O2. The minimum atomic E-state index is 0.174. The van der Waals surface area contributed by atoms with Crippen LogP contribution in [0.2, 0.25) is 0 Å². The molecular weight excluding hydrogens is 230 g/mol. The Morgan fingerprint density at radius 1 is 1.39 bits per heavy atom. The number of amides is 1. The van der Waals surface area contributed by atoms with Gasteiger partial charge in [0.25, 0.3) is 0 Å². The Hall–Kier alpha value is -1.26. The summed E-state index contributed by atoms with van der Waals surface area (Å²) in [5.41, 5.74) is 5.43. The van der Waals surface area contributed by atoms with Crippen molar-refractivity contribution < 1.29 is 10.0 Å². The number of amidine groups is 1. The number of oxime groups is 1. The number of hydrogen-bond donors (Lipinski definition) is 2. The van der Waals surface area contributed by atoms with Crippen LogP contribution in [0.5, 0.6) is 0 Å². The van der Waals surface area contributed by atoms with Gasteiger partial charge in [0.2, 0.25) is 5.91 Å². The predicted molar refractivity (Wildman–Crippen MR) is 71.4 cm³/mol. The molecule has 0 radical (unpaired) electrons. The van der Waals surface area contributed by atoms with Crippen LogP contribution in [0.25, 0.3) is 0 Å². The van der Waals surface area contributed by atoms with Crippen LogP contribution in [0.15, 0.2) is 5.16 Å². The molecule has 3 N–H and O–H groups in total. The number of rotatable bonds is 5. The van der Waals surface area contributed by atoms with Crippen molar-refractivity contribution in [2.75, 3.05) is 13.1 Å². The fraction of sp³-hybridized carbons (Fsp3) is 0.846. The van der Waals surface area contributed by atoms with E-state index in [4.69, 9.17) is 10.9 Å². The first kappa shape index (κ1) is 14.8. The summed E-state index contributed by atoms with van der Waals surface area (Å²) < 4.78 is 0. The highest BCUT2D eigenvalue weighted by molar-refractivity contribution is 5.82.